The molecule has 0 amide bonds. The van der Waals surface area contributed by atoms with Crippen LogP contribution in [0, 0.1) is 32.1 Å². The molecular weight excluding hydrogens is 242 g/mol. The molecule has 1 saturated carbocycles. The van der Waals surface area contributed by atoms with Gasteiger partial charge in [-0.05, 0) is 68.2 Å². The van der Waals surface area contributed by atoms with E-state index in [4.69, 9.17) is 0 Å². The number of nitrogens with one attached hydrogen (secondary N) is 1. The molecule has 1 aliphatic carbocycles. The maximum absolute atomic E-state index is 3.80. The minimum atomic E-state index is 0.455. The lowest BCUT2D eigenvalue weighted by molar-refractivity contribution is 0.198. The van der Waals surface area contributed by atoms with Gasteiger partial charge in [0.2, 0.25) is 0 Å². The lowest BCUT2D eigenvalue weighted by Crippen LogP contribution is -2.34. The summed E-state index contributed by atoms with van der Waals surface area (Å²) in [6.07, 6.45) is 4.10. The maximum atomic E-state index is 3.80. The highest BCUT2D eigenvalue weighted by molar-refractivity contribution is 5.40. The molecular formula is C19H31N. The van der Waals surface area contributed by atoms with Crippen molar-refractivity contribution in [3.63, 3.8) is 0 Å². The molecule has 1 aromatic rings. The van der Waals surface area contributed by atoms with Gasteiger partial charge in [0.05, 0.1) is 0 Å². The molecule has 0 aliphatic heterocycles. The van der Waals surface area contributed by atoms with Crippen LogP contribution in [0.15, 0.2) is 12.1 Å². The Hall–Kier alpha value is -0.820. The topological polar surface area (TPSA) is 12.0 Å². The van der Waals surface area contributed by atoms with E-state index in [9.17, 15) is 0 Å². The molecule has 2 unspecified atom stereocenters. The van der Waals surface area contributed by atoms with E-state index in [0.29, 0.717) is 11.5 Å². The SMILES string of the molecule is CCNC(c1c(C)cc(C)cc1C)C1CCCC1(C)C. The van der Waals surface area contributed by atoms with Gasteiger partial charge in [0.15, 0.2) is 0 Å². The van der Waals surface area contributed by atoms with Crippen LogP contribution in [0.1, 0.15) is 68.3 Å². The third kappa shape index (κ3) is 2.93. The van der Waals surface area contributed by atoms with Crippen molar-refractivity contribution in [1.82, 2.24) is 5.32 Å². The fourth-order valence-corrected chi connectivity index (χ4v) is 4.32. The first kappa shape index (κ1) is 15.6. The van der Waals surface area contributed by atoms with Crippen LogP contribution in [-0.4, -0.2) is 6.54 Å². The van der Waals surface area contributed by atoms with Crippen LogP contribution in [0.25, 0.3) is 0 Å². The molecule has 0 bridgehead atoms. The Kier molecular flexibility index (Phi) is 4.59. The van der Waals surface area contributed by atoms with Gasteiger partial charge in [-0.15, -0.1) is 0 Å². The molecule has 112 valence electrons. The van der Waals surface area contributed by atoms with Gasteiger partial charge >= 0.3 is 0 Å². The molecule has 1 heteroatoms. The number of rotatable bonds is 4. The summed E-state index contributed by atoms with van der Waals surface area (Å²) in [5, 5.41) is 3.80. The zero-order chi connectivity index (χ0) is 14.9. The Morgan fingerprint density at radius 1 is 1.20 bits per heavy atom. The van der Waals surface area contributed by atoms with E-state index in [1.165, 1.54) is 36.0 Å². The predicted octanol–water partition coefficient (Wildman–Crippen LogP) is 5.09. The van der Waals surface area contributed by atoms with Crippen molar-refractivity contribution < 1.29 is 0 Å². The average Bonchev–Trinajstić information content (AvgIpc) is 2.66. The van der Waals surface area contributed by atoms with Gasteiger partial charge in [0.25, 0.3) is 0 Å². The van der Waals surface area contributed by atoms with Gasteiger partial charge in [-0.3, -0.25) is 0 Å². The Morgan fingerprint density at radius 2 is 1.80 bits per heavy atom. The first-order valence-corrected chi connectivity index (χ1v) is 8.18. The normalized spacial score (nSPS) is 23.0. The predicted molar refractivity (Wildman–Crippen MR) is 88.2 cm³/mol. The summed E-state index contributed by atoms with van der Waals surface area (Å²) < 4.78 is 0. The van der Waals surface area contributed by atoms with E-state index in [1.54, 1.807) is 5.56 Å². The van der Waals surface area contributed by atoms with Gasteiger partial charge in [0, 0.05) is 6.04 Å². The molecule has 2 atom stereocenters. The highest BCUT2D eigenvalue weighted by Crippen LogP contribution is 2.49. The van der Waals surface area contributed by atoms with Crippen LogP contribution in [-0.2, 0) is 0 Å². The van der Waals surface area contributed by atoms with Crippen molar-refractivity contribution in [1.29, 1.82) is 0 Å². The van der Waals surface area contributed by atoms with Crippen LogP contribution in [0.3, 0.4) is 0 Å². The van der Waals surface area contributed by atoms with Crippen molar-refractivity contribution in [2.24, 2.45) is 11.3 Å². The van der Waals surface area contributed by atoms with Crippen LogP contribution >= 0.6 is 0 Å². The van der Waals surface area contributed by atoms with Gasteiger partial charge in [-0.2, -0.15) is 0 Å². The largest absolute Gasteiger partial charge is 0.310 e. The first-order chi connectivity index (χ1) is 9.36. The summed E-state index contributed by atoms with van der Waals surface area (Å²) >= 11 is 0. The monoisotopic (exact) mass is 273 g/mol. The molecule has 1 N–H and O–H groups in total. The van der Waals surface area contributed by atoms with Crippen molar-refractivity contribution in [3.05, 3.63) is 34.4 Å². The standard InChI is InChI=1S/C19H31N/c1-7-20-18(16-9-8-10-19(16,5)6)17-14(3)11-13(2)12-15(17)4/h11-12,16,18,20H,7-10H2,1-6H3. The molecule has 1 nitrogen and oxygen atoms in total. The minimum absolute atomic E-state index is 0.455. The number of aryl methyl sites for hydroxylation is 3. The molecule has 0 spiro atoms. The third-order valence-corrected chi connectivity index (χ3v) is 5.22. The Balaban J connectivity index is 2.44. The zero-order valence-electron chi connectivity index (χ0n) is 14.1. The Labute approximate surface area is 125 Å². The Bertz CT molecular complexity index is 450. The molecule has 1 aromatic carbocycles. The highest BCUT2D eigenvalue weighted by atomic mass is 14.9. The second-order valence-electron chi connectivity index (χ2n) is 7.34. The van der Waals surface area contributed by atoms with Crippen LogP contribution in [0.4, 0.5) is 0 Å². The fourth-order valence-electron chi connectivity index (χ4n) is 4.32. The lowest BCUT2D eigenvalue weighted by Gasteiger charge is -2.36. The molecule has 0 saturated heterocycles. The van der Waals surface area contributed by atoms with E-state index in [2.05, 4.69) is 59.0 Å². The van der Waals surface area contributed by atoms with Crippen LogP contribution < -0.4 is 5.32 Å². The molecule has 1 fully saturated rings. The van der Waals surface area contributed by atoms with Gasteiger partial charge in [-0.25, -0.2) is 0 Å². The smallest absolute Gasteiger partial charge is 0.0358 e. The van der Waals surface area contributed by atoms with Gasteiger partial charge < -0.3 is 5.32 Å². The van der Waals surface area contributed by atoms with Gasteiger partial charge in [0.1, 0.15) is 0 Å². The second-order valence-corrected chi connectivity index (χ2v) is 7.34. The molecule has 0 radical (unpaired) electrons. The maximum Gasteiger partial charge on any atom is 0.0358 e. The van der Waals surface area contributed by atoms with Gasteiger partial charge in [-0.1, -0.05) is 44.9 Å². The summed E-state index contributed by atoms with van der Waals surface area (Å²) in [6, 6.07) is 5.20. The average molecular weight is 273 g/mol. The first-order valence-electron chi connectivity index (χ1n) is 8.18. The molecule has 20 heavy (non-hydrogen) atoms. The molecule has 0 aromatic heterocycles. The van der Waals surface area contributed by atoms with Crippen LogP contribution in [0.2, 0.25) is 0 Å². The summed E-state index contributed by atoms with van der Waals surface area (Å²) in [4.78, 5) is 0. The van der Waals surface area contributed by atoms with E-state index < -0.39 is 0 Å². The summed E-state index contributed by atoms with van der Waals surface area (Å²) in [5.74, 6) is 0.752. The quantitative estimate of drug-likeness (QED) is 0.806. The highest BCUT2D eigenvalue weighted by Gasteiger charge is 2.40. The van der Waals surface area contributed by atoms with Crippen molar-refractivity contribution in [2.75, 3.05) is 6.54 Å². The second kappa shape index (κ2) is 5.89. The van der Waals surface area contributed by atoms with E-state index in [0.717, 1.165) is 12.5 Å². The lowest BCUT2D eigenvalue weighted by atomic mass is 9.74. The van der Waals surface area contributed by atoms with E-state index in [1.807, 2.05) is 0 Å². The number of benzene rings is 1. The summed E-state index contributed by atoms with van der Waals surface area (Å²) in [6.45, 7) is 14.9. The summed E-state index contributed by atoms with van der Waals surface area (Å²) in [5.41, 5.74) is 6.30. The van der Waals surface area contributed by atoms with Crippen molar-refractivity contribution in [3.8, 4) is 0 Å². The summed E-state index contributed by atoms with van der Waals surface area (Å²) in [7, 11) is 0. The van der Waals surface area contributed by atoms with Crippen molar-refractivity contribution >= 4 is 0 Å². The number of hydrogen-bond acceptors (Lipinski definition) is 1. The van der Waals surface area contributed by atoms with E-state index in [-0.39, 0.29) is 0 Å². The third-order valence-electron chi connectivity index (χ3n) is 5.22. The minimum Gasteiger partial charge on any atom is -0.310 e. The Morgan fingerprint density at radius 3 is 2.25 bits per heavy atom. The fraction of sp³-hybridized carbons (Fsp3) is 0.684. The van der Waals surface area contributed by atoms with Crippen molar-refractivity contribution in [2.45, 2.75) is 66.8 Å². The van der Waals surface area contributed by atoms with Crippen LogP contribution in [0.5, 0.6) is 0 Å². The molecule has 1 aliphatic rings. The van der Waals surface area contributed by atoms with E-state index >= 15 is 0 Å². The zero-order valence-corrected chi connectivity index (χ0v) is 14.1. The number of hydrogen-bond donors (Lipinski definition) is 1. The molecule has 0 heterocycles. The molecule has 2 rings (SSSR count).